The van der Waals surface area contributed by atoms with Crippen LogP contribution in [0.15, 0.2) is 84.9 Å². The van der Waals surface area contributed by atoms with E-state index in [2.05, 4.69) is 54.0 Å². The Balaban J connectivity index is 1.72. The average Bonchev–Trinajstić information content (AvgIpc) is 2.65. The first-order valence-corrected chi connectivity index (χ1v) is 8.42. The summed E-state index contributed by atoms with van der Waals surface area (Å²) in [6.45, 7) is 2.31. The van der Waals surface area contributed by atoms with Crippen LogP contribution < -0.4 is 10.6 Å². The molecule has 0 aromatic heterocycles. The quantitative estimate of drug-likeness (QED) is 0.707. The SMILES string of the molecule is Cc1ccc([C@H](NCC(=O)Nc2ccccc2)c2ccccc2)cc1. The van der Waals surface area contributed by atoms with E-state index in [0.717, 1.165) is 16.8 Å². The van der Waals surface area contributed by atoms with Crippen molar-refractivity contribution in [3.8, 4) is 0 Å². The van der Waals surface area contributed by atoms with Gasteiger partial charge in [0.2, 0.25) is 5.91 Å². The first-order chi connectivity index (χ1) is 12.2. The molecule has 1 amide bonds. The van der Waals surface area contributed by atoms with Gasteiger partial charge in [-0.2, -0.15) is 0 Å². The molecule has 3 aromatic rings. The van der Waals surface area contributed by atoms with E-state index in [0.29, 0.717) is 0 Å². The average molecular weight is 330 g/mol. The van der Waals surface area contributed by atoms with Gasteiger partial charge in [-0.1, -0.05) is 78.4 Å². The minimum atomic E-state index is -0.0563. The Morgan fingerprint density at radius 1 is 0.800 bits per heavy atom. The lowest BCUT2D eigenvalue weighted by Crippen LogP contribution is -2.31. The molecule has 0 aliphatic heterocycles. The molecule has 0 bridgehead atoms. The maximum atomic E-state index is 12.3. The van der Waals surface area contributed by atoms with Gasteiger partial charge in [-0.25, -0.2) is 0 Å². The Morgan fingerprint density at radius 2 is 1.36 bits per heavy atom. The zero-order valence-electron chi connectivity index (χ0n) is 14.3. The molecule has 25 heavy (non-hydrogen) atoms. The topological polar surface area (TPSA) is 41.1 Å². The molecule has 0 heterocycles. The molecular weight excluding hydrogens is 308 g/mol. The Bertz CT molecular complexity index is 798. The van der Waals surface area contributed by atoms with Crippen molar-refractivity contribution >= 4 is 11.6 Å². The van der Waals surface area contributed by atoms with Gasteiger partial charge in [-0.15, -0.1) is 0 Å². The predicted molar refractivity (Wildman–Crippen MR) is 103 cm³/mol. The van der Waals surface area contributed by atoms with Crippen molar-refractivity contribution in [3.05, 3.63) is 102 Å². The third kappa shape index (κ3) is 4.78. The highest BCUT2D eigenvalue weighted by atomic mass is 16.1. The van der Waals surface area contributed by atoms with E-state index >= 15 is 0 Å². The second-order valence-electron chi connectivity index (χ2n) is 6.05. The van der Waals surface area contributed by atoms with Crippen LogP contribution in [0.1, 0.15) is 22.7 Å². The highest BCUT2D eigenvalue weighted by Gasteiger charge is 2.15. The Morgan fingerprint density at radius 3 is 2.00 bits per heavy atom. The fourth-order valence-electron chi connectivity index (χ4n) is 2.75. The number of amides is 1. The second-order valence-corrected chi connectivity index (χ2v) is 6.05. The summed E-state index contributed by atoms with van der Waals surface area (Å²) >= 11 is 0. The summed E-state index contributed by atoms with van der Waals surface area (Å²) in [6, 6.07) is 28.1. The summed E-state index contributed by atoms with van der Waals surface area (Å²) in [7, 11) is 0. The van der Waals surface area contributed by atoms with E-state index in [4.69, 9.17) is 0 Å². The van der Waals surface area contributed by atoms with Crippen LogP contribution in [0, 0.1) is 6.92 Å². The van der Waals surface area contributed by atoms with Gasteiger partial charge in [0.05, 0.1) is 12.6 Å². The monoisotopic (exact) mass is 330 g/mol. The molecule has 1 atom stereocenters. The summed E-state index contributed by atoms with van der Waals surface area (Å²) in [4.78, 5) is 12.3. The molecule has 3 heteroatoms. The lowest BCUT2D eigenvalue weighted by Gasteiger charge is -2.20. The molecule has 3 nitrogen and oxygen atoms in total. The van der Waals surface area contributed by atoms with Gasteiger partial charge in [0.1, 0.15) is 0 Å². The number of nitrogens with one attached hydrogen (secondary N) is 2. The molecular formula is C22H22N2O. The minimum Gasteiger partial charge on any atom is -0.325 e. The molecule has 0 fully saturated rings. The summed E-state index contributed by atoms with van der Waals surface area (Å²) in [5.41, 5.74) is 4.31. The maximum absolute atomic E-state index is 12.3. The zero-order chi connectivity index (χ0) is 17.5. The first-order valence-electron chi connectivity index (χ1n) is 8.42. The van der Waals surface area contributed by atoms with Gasteiger partial charge in [-0.3, -0.25) is 10.1 Å². The Hall–Kier alpha value is -2.91. The van der Waals surface area contributed by atoms with Crippen LogP contribution in [0.25, 0.3) is 0 Å². The third-order valence-electron chi connectivity index (χ3n) is 4.07. The van der Waals surface area contributed by atoms with E-state index in [9.17, 15) is 4.79 Å². The summed E-state index contributed by atoms with van der Waals surface area (Å²) in [5, 5.41) is 6.29. The molecule has 0 unspecified atom stereocenters. The van der Waals surface area contributed by atoms with E-state index in [-0.39, 0.29) is 18.5 Å². The normalized spacial score (nSPS) is 11.7. The number of carbonyl (C=O) groups excluding carboxylic acids is 1. The standard InChI is InChI=1S/C22H22N2O/c1-17-12-14-19(15-13-17)22(18-8-4-2-5-9-18)23-16-21(25)24-20-10-6-3-7-11-20/h2-15,22-23H,16H2,1H3,(H,24,25)/t22-/m1/s1. The third-order valence-corrected chi connectivity index (χ3v) is 4.07. The molecule has 0 spiro atoms. The van der Waals surface area contributed by atoms with E-state index in [1.165, 1.54) is 5.56 Å². The fraction of sp³-hybridized carbons (Fsp3) is 0.136. The van der Waals surface area contributed by atoms with Crippen molar-refractivity contribution in [1.82, 2.24) is 5.32 Å². The highest BCUT2D eigenvalue weighted by Crippen LogP contribution is 2.22. The first kappa shape index (κ1) is 16.9. The number of aryl methyl sites for hydroxylation is 1. The van der Waals surface area contributed by atoms with Crippen LogP contribution in [-0.2, 0) is 4.79 Å². The number of benzene rings is 3. The number of anilines is 1. The van der Waals surface area contributed by atoms with Crippen LogP contribution in [0.4, 0.5) is 5.69 Å². The zero-order valence-corrected chi connectivity index (χ0v) is 14.3. The summed E-state index contributed by atoms with van der Waals surface area (Å²) in [5.74, 6) is -0.0563. The number of hydrogen-bond acceptors (Lipinski definition) is 2. The van der Waals surface area contributed by atoms with Gasteiger partial charge >= 0.3 is 0 Å². The van der Waals surface area contributed by atoms with E-state index < -0.39 is 0 Å². The van der Waals surface area contributed by atoms with E-state index in [1.54, 1.807) is 0 Å². The maximum Gasteiger partial charge on any atom is 0.238 e. The molecule has 0 aliphatic carbocycles. The molecule has 2 N–H and O–H groups in total. The lowest BCUT2D eigenvalue weighted by molar-refractivity contribution is -0.115. The number of carbonyl (C=O) groups is 1. The molecule has 0 aliphatic rings. The molecule has 0 saturated heterocycles. The van der Waals surface area contributed by atoms with Crippen LogP contribution in [0.2, 0.25) is 0 Å². The van der Waals surface area contributed by atoms with E-state index in [1.807, 2.05) is 48.5 Å². The van der Waals surface area contributed by atoms with Gasteiger partial charge in [-0.05, 0) is 30.2 Å². The number of para-hydroxylation sites is 1. The van der Waals surface area contributed by atoms with Gasteiger partial charge in [0.25, 0.3) is 0 Å². The highest BCUT2D eigenvalue weighted by molar-refractivity contribution is 5.92. The smallest absolute Gasteiger partial charge is 0.238 e. The van der Waals surface area contributed by atoms with Gasteiger partial charge in [0, 0.05) is 5.69 Å². The van der Waals surface area contributed by atoms with Crippen molar-refractivity contribution < 1.29 is 4.79 Å². The lowest BCUT2D eigenvalue weighted by atomic mass is 9.98. The van der Waals surface area contributed by atoms with Crippen molar-refractivity contribution in [3.63, 3.8) is 0 Å². The van der Waals surface area contributed by atoms with Crippen LogP contribution >= 0.6 is 0 Å². The summed E-state index contributed by atoms with van der Waals surface area (Å²) < 4.78 is 0. The molecule has 3 rings (SSSR count). The largest absolute Gasteiger partial charge is 0.325 e. The van der Waals surface area contributed by atoms with Crippen molar-refractivity contribution in [2.45, 2.75) is 13.0 Å². The summed E-state index contributed by atoms with van der Waals surface area (Å²) in [6.07, 6.45) is 0. The van der Waals surface area contributed by atoms with Gasteiger partial charge < -0.3 is 5.32 Å². The fourth-order valence-corrected chi connectivity index (χ4v) is 2.75. The van der Waals surface area contributed by atoms with Crippen LogP contribution in [0.5, 0.6) is 0 Å². The second kappa shape index (κ2) is 8.27. The predicted octanol–water partition coefficient (Wildman–Crippen LogP) is 4.31. The number of hydrogen-bond donors (Lipinski definition) is 2. The van der Waals surface area contributed by atoms with Crippen LogP contribution in [-0.4, -0.2) is 12.5 Å². The van der Waals surface area contributed by atoms with Crippen molar-refractivity contribution in [1.29, 1.82) is 0 Å². The van der Waals surface area contributed by atoms with Gasteiger partial charge in [0.15, 0.2) is 0 Å². The van der Waals surface area contributed by atoms with Crippen molar-refractivity contribution in [2.75, 3.05) is 11.9 Å². The molecule has 126 valence electrons. The Labute approximate surface area is 148 Å². The van der Waals surface area contributed by atoms with Crippen molar-refractivity contribution in [2.24, 2.45) is 0 Å². The molecule has 3 aromatic carbocycles. The molecule has 0 radical (unpaired) electrons. The minimum absolute atomic E-state index is 0.0247. The number of rotatable bonds is 6. The Kier molecular flexibility index (Phi) is 5.60. The van der Waals surface area contributed by atoms with Crippen LogP contribution in [0.3, 0.4) is 0 Å². The molecule has 0 saturated carbocycles.